The minimum atomic E-state index is -4.56. The highest BCUT2D eigenvalue weighted by Crippen LogP contribution is 2.24. The van der Waals surface area contributed by atoms with Crippen molar-refractivity contribution in [3.05, 3.63) is 42.7 Å². The highest BCUT2D eigenvalue weighted by molar-refractivity contribution is 7.91. The predicted molar refractivity (Wildman–Crippen MR) is 94.8 cm³/mol. The number of hydrogen-bond donors (Lipinski definition) is 0. The summed E-state index contributed by atoms with van der Waals surface area (Å²) in [5, 5.41) is 12.2. The molecule has 1 saturated heterocycles. The van der Waals surface area contributed by atoms with Crippen LogP contribution in [0.4, 0.5) is 20.3 Å². The molecule has 0 amide bonds. The van der Waals surface area contributed by atoms with E-state index in [0.29, 0.717) is 18.7 Å². The number of aromatic nitrogens is 4. The number of nitrogens with zero attached hydrogens (tertiary/aromatic N) is 6. The van der Waals surface area contributed by atoms with E-state index in [1.807, 2.05) is 12.1 Å². The molecule has 27 heavy (non-hydrogen) atoms. The summed E-state index contributed by atoms with van der Waals surface area (Å²) >= 11 is 0. The molecular formula is C16H16F2N6O2S. The second-order valence-electron chi connectivity index (χ2n) is 6.10. The molecule has 0 saturated carbocycles. The third-order valence-corrected chi connectivity index (χ3v) is 5.91. The Bertz CT molecular complexity index is 1050. The molecule has 4 rings (SSSR count). The molecule has 0 unspecified atom stereocenters. The largest absolute Gasteiger partial charge is 0.368 e. The van der Waals surface area contributed by atoms with Crippen molar-refractivity contribution < 1.29 is 17.2 Å². The van der Waals surface area contributed by atoms with Crippen LogP contribution < -0.4 is 9.80 Å². The highest BCUT2D eigenvalue weighted by Gasteiger charge is 2.27. The van der Waals surface area contributed by atoms with Crippen molar-refractivity contribution >= 4 is 27.0 Å². The van der Waals surface area contributed by atoms with Crippen molar-refractivity contribution in [2.24, 2.45) is 0 Å². The van der Waals surface area contributed by atoms with Crippen molar-refractivity contribution in [1.29, 1.82) is 0 Å². The van der Waals surface area contributed by atoms with Crippen LogP contribution in [0.15, 0.2) is 47.6 Å². The topological polar surface area (TPSA) is 83.7 Å². The lowest BCUT2D eigenvalue weighted by Gasteiger charge is -2.36. The van der Waals surface area contributed by atoms with Crippen molar-refractivity contribution in [3.8, 4) is 0 Å². The quantitative estimate of drug-likeness (QED) is 0.662. The average molecular weight is 394 g/mol. The molecule has 0 spiro atoms. The van der Waals surface area contributed by atoms with Crippen LogP contribution in [0.2, 0.25) is 0 Å². The molecule has 0 N–H and O–H groups in total. The van der Waals surface area contributed by atoms with Crippen LogP contribution >= 0.6 is 0 Å². The van der Waals surface area contributed by atoms with Gasteiger partial charge in [0, 0.05) is 31.9 Å². The first-order valence-corrected chi connectivity index (χ1v) is 9.79. The minimum Gasteiger partial charge on any atom is -0.368 e. The Morgan fingerprint density at radius 3 is 2.26 bits per heavy atom. The second kappa shape index (κ2) is 6.72. The maximum Gasteiger partial charge on any atom is 0.341 e. The van der Waals surface area contributed by atoms with Crippen LogP contribution in [-0.2, 0) is 9.84 Å². The Kier molecular flexibility index (Phi) is 4.38. The van der Waals surface area contributed by atoms with E-state index in [1.165, 1.54) is 12.1 Å². The van der Waals surface area contributed by atoms with E-state index >= 15 is 0 Å². The number of halogens is 2. The standard InChI is InChI=1S/C16H16F2N6O2S/c17-16(18)27(25,26)13-3-1-12(2-4-13)22-7-9-23(10-8-22)15-6-5-14-20-19-11-24(14)21-15/h1-6,11,16H,7-10H2. The molecule has 1 aliphatic rings. The SMILES string of the molecule is O=S(=O)(c1ccc(N2CCN(c3ccc4nncn4n3)CC2)cc1)C(F)F. The van der Waals surface area contributed by atoms with Gasteiger partial charge in [-0.15, -0.1) is 15.3 Å². The first-order valence-electron chi connectivity index (χ1n) is 8.24. The molecule has 1 aliphatic heterocycles. The molecule has 3 heterocycles. The van der Waals surface area contributed by atoms with E-state index in [1.54, 1.807) is 23.0 Å². The van der Waals surface area contributed by atoms with Gasteiger partial charge in [-0.05, 0) is 36.4 Å². The van der Waals surface area contributed by atoms with Crippen molar-refractivity contribution in [1.82, 2.24) is 19.8 Å². The number of anilines is 2. The summed E-state index contributed by atoms with van der Waals surface area (Å²) in [6.07, 6.45) is 1.55. The molecular weight excluding hydrogens is 378 g/mol. The number of rotatable bonds is 4. The fraction of sp³-hybridized carbons (Fsp3) is 0.312. The van der Waals surface area contributed by atoms with Gasteiger partial charge in [0.25, 0.3) is 0 Å². The van der Waals surface area contributed by atoms with Crippen molar-refractivity contribution in [2.45, 2.75) is 10.7 Å². The lowest BCUT2D eigenvalue weighted by Crippen LogP contribution is -2.47. The third-order valence-electron chi connectivity index (χ3n) is 4.52. The smallest absolute Gasteiger partial charge is 0.341 e. The van der Waals surface area contributed by atoms with E-state index in [4.69, 9.17) is 0 Å². The molecule has 1 fully saturated rings. The molecule has 8 nitrogen and oxygen atoms in total. The van der Waals surface area contributed by atoms with Crippen molar-refractivity contribution in [3.63, 3.8) is 0 Å². The van der Waals surface area contributed by atoms with E-state index in [9.17, 15) is 17.2 Å². The van der Waals surface area contributed by atoms with Gasteiger partial charge in [-0.1, -0.05) is 0 Å². The lowest BCUT2D eigenvalue weighted by atomic mass is 10.2. The molecule has 11 heteroatoms. The van der Waals surface area contributed by atoms with Gasteiger partial charge in [-0.25, -0.2) is 8.42 Å². The molecule has 0 aliphatic carbocycles. The van der Waals surface area contributed by atoms with E-state index in [0.717, 1.165) is 24.6 Å². The first-order chi connectivity index (χ1) is 12.9. The fourth-order valence-corrected chi connectivity index (χ4v) is 3.75. The monoisotopic (exact) mass is 394 g/mol. The summed E-state index contributed by atoms with van der Waals surface area (Å²) in [5.74, 6) is -2.59. The summed E-state index contributed by atoms with van der Waals surface area (Å²) in [7, 11) is -4.56. The van der Waals surface area contributed by atoms with Gasteiger partial charge < -0.3 is 9.80 Å². The Labute approximate surface area is 153 Å². The van der Waals surface area contributed by atoms with Gasteiger partial charge in [-0.3, -0.25) is 0 Å². The average Bonchev–Trinajstić information content (AvgIpc) is 3.16. The van der Waals surface area contributed by atoms with E-state index in [-0.39, 0.29) is 4.90 Å². The van der Waals surface area contributed by atoms with Crippen LogP contribution in [0, 0.1) is 0 Å². The van der Waals surface area contributed by atoms with Crippen molar-refractivity contribution in [2.75, 3.05) is 36.0 Å². The molecule has 3 aromatic rings. The summed E-state index contributed by atoms with van der Waals surface area (Å²) < 4.78 is 49.9. The van der Waals surface area contributed by atoms with Crippen LogP contribution in [0.1, 0.15) is 0 Å². The number of piperazine rings is 1. The Morgan fingerprint density at radius 2 is 1.59 bits per heavy atom. The van der Waals surface area contributed by atoms with Gasteiger partial charge >= 0.3 is 5.76 Å². The summed E-state index contributed by atoms with van der Waals surface area (Å²) in [5.41, 5.74) is 1.47. The predicted octanol–water partition coefficient (Wildman–Crippen LogP) is 1.45. The first kappa shape index (κ1) is 17.6. The zero-order valence-corrected chi connectivity index (χ0v) is 14.9. The maximum atomic E-state index is 12.6. The van der Waals surface area contributed by atoms with Crippen LogP contribution in [0.3, 0.4) is 0 Å². The molecule has 0 atom stereocenters. The molecule has 2 aromatic heterocycles. The maximum absolute atomic E-state index is 12.6. The van der Waals surface area contributed by atoms with Gasteiger partial charge in [-0.2, -0.15) is 13.3 Å². The van der Waals surface area contributed by atoms with Crippen LogP contribution in [0.5, 0.6) is 0 Å². The Balaban J connectivity index is 1.44. The zero-order chi connectivity index (χ0) is 19.0. The van der Waals surface area contributed by atoms with E-state index < -0.39 is 15.6 Å². The zero-order valence-electron chi connectivity index (χ0n) is 14.1. The fourth-order valence-electron chi connectivity index (χ4n) is 3.03. The number of hydrogen-bond acceptors (Lipinski definition) is 7. The molecule has 0 radical (unpaired) electrons. The van der Waals surface area contributed by atoms with Gasteiger partial charge in [0.05, 0.1) is 4.90 Å². The number of benzene rings is 1. The van der Waals surface area contributed by atoms with Gasteiger partial charge in [0.1, 0.15) is 12.1 Å². The van der Waals surface area contributed by atoms with Gasteiger partial charge in [0.15, 0.2) is 5.65 Å². The Morgan fingerprint density at radius 1 is 0.926 bits per heavy atom. The minimum absolute atomic E-state index is 0.369. The van der Waals surface area contributed by atoms with Gasteiger partial charge in [0.2, 0.25) is 9.84 Å². The summed E-state index contributed by atoms with van der Waals surface area (Å²) in [4.78, 5) is 3.84. The highest BCUT2D eigenvalue weighted by atomic mass is 32.2. The summed E-state index contributed by atoms with van der Waals surface area (Å²) in [6.45, 7) is 2.83. The lowest BCUT2D eigenvalue weighted by molar-refractivity contribution is 0.234. The molecule has 142 valence electrons. The second-order valence-corrected chi connectivity index (χ2v) is 8.02. The van der Waals surface area contributed by atoms with Crippen LogP contribution in [-0.4, -0.2) is 60.2 Å². The Hall–Kier alpha value is -2.82. The summed E-state index contributed by atoms with van der Waals surface area (Å²) in [6, 6.07) is 9.32. The third kappa shape index (κ3) is 3.29. The van der Waals surface area contributed by atoms with Crippen LogP contribution in [0.25, 0.3) is 5.65 Å². The van der Waals surface area contributed by atoms with E-state index in [2.05, 4.69) is 25.1 Å². The molecule has 0 bridgehead atoms. The number of sulfone groups is 1. The normalized spacial score (nSPS) is 15.7. The molecule has 1 aromatic carbocycles. The number of alkyl halides is 2. The number of fused-ring (bicyclic) bond motifs is 1.